The van der Waals surface area contributed by atoms with Crippen LogP contribution in [0.4, 0.5) is 4.79 Å². The van der Waals surface area contributed by atoms with Gasteiger partial charge < -0.3 is 28.4 Å². The zero-order chi connectivity index (χ0) is 30.4. The molecule has 0 spiro atoms. The maximum absolute atomic E-state index is 13.8. The number of esters is 1. The fourth-order valence-electron chi connectivity index (χ4n) is 5.94. The predicted molar refractivity (Wildman–Crippen MR) is 151 cm³/mol. The zero-order valence-electron chi connectivity index (χ0n) is 25.8. The molecule has 0 saturated heterocycles. The summed E-state index contributed by atoms with van der Waals surface area (Å²) in [5.41, 5.74) is 0. The smallest absolute Gasteiger partial charge is 0.410 e. The quantitative estimate of drug-likeness (QED) is 0.0780. The van der Waals surface area contributed by atoms with Gasteiger partial charge in [-0.1, -0.05) is 19.3 Å². The van der Waals surface area contributed by atoms with Crippen LogP contribution in [-0.2, 0) is 33.2 Å². The van der Waals surface area contributed by atoms with Gasteiger partial charge in [-0.3, -0.25) is 15.0 Å². The Morgan fingerprint density at radius 2 is 1.71 bits per heavy atom. The van der Waals surface area contributed by atoms with Gasteiger partial charge in [-0.25, -0.2) is 9.59 Å². The molecule has 2 aliphatic rings. The average Bonchev–Trinajstić information content (AvgIpc) is 2.93. The van der Waals surface area contributed by atoms with Gasteiger partial charge in [0.05, 0.1) is 50.6 Å². The van der Waals surface area contributed by atoms with Gasteiger partial charge in [0.2, 0.25) is 6.04 Å². The Bertz CT molecular complexity index is 790. The number of hydrogen-bond acceptors (Lipinski definition) is 10. The molecule has 0 N–H and O–H groups in total. The summed E-state index contributed by atoms with van der Waals surface area (Å²) in [5, 5.41) is 12.4. The monoisotopic (exact) mass is 588 g/mol. The molecule has 0 bridgehead atoms. The maximum Gasteiger partial charge on any atom is 0.410 e. The second-order valence-corrected chi connectivity index (χ2v) is 11.6. The van der Waals surface area contributed by atoms with Crippen LogP contribution in [0.1, 0.15) is 86.0 Å². The molecule has 2 saturated carbocycles. The van der Waals surface area contributed by atoms with Gasteiger partial charge in [0.1, 0.15) is 6.79 Å². The van der Waals surface area contributed by atoms with Crippen LogP contribution in [-0.4, -0.2) is 98.7 Å². The Morgan fingerprint density at radius 1 is 1.00 bits per heavy atom. The van der Waals surface area contributed by atoms with Crippen molar-refractivity contribution in [2.75, 3.05) is 40.3 Å². The number of amides is 1. The van der Waals surface area contributed by atoms with Crippen LogP contribution in [0.3, 0.4) is 0 Å². The Morgan fingerprint density at radius 3 is 2.29 bits per heavy atom. The molecule has 0 aromatic carbocycles. The lowest BCUT2D eigenvalue weighted by Gasteiger charge is -2.45. The van der Waals surface area contributed by atoms with Crippen molar-refractivity contribution < 1.29 is 42.9 Å². The molecule has 0 aromatic heterocycles. The highest BCUT2D eigenvalue weighted by Gasteiger charge is 2.52. The number of methoxy groups -OCH3 is 1. The van der Waals surface area contributed by atoms with E-state index in [0.29, 0.717) is 19.6 Å². The number of hydrogen-bond donors (Lipinski definition) is 0. The summed E-state index contributed by atoms with van der Waals surface area (Å²) in [4.78, 5) is 40.7. The first-order chi connectivity index (χ1) is 19.6. The molecule has 5 atom stereocenters. The Kier molecular flexibility index (Phi) is 15.9. The van der Waals surface area contributed by atoms with E-state index in [1.807, 2.05) is 13.8 Å². The maximum atomic E-state index is 13.8. The van der Waals surface area contributed by atoms with E-state index in [1.165, 1.54) is 11.3 Å². The van der Waals surface area contributed by atoms with Crippen molar-refractivity contribution in [1.82, 2.24) is 4.90 Å². The number of nitrogens with zero attached hydrogens (tertiary/aromatic N) is 2. The van der Waals surface area contributed by atoms with E-state index in [0.717, 1.165) is 25.7 Å². The Hall–Kier alpha value is -2.02. The van der Waals surface area contributed by atoms with E-state index >= 15 is 0 Å². The normalized spacial score (nSPS) is 23.3. The third-order valence-corrected chi connectivity index (χ3v) is 7.85. The molecule has 12 nitrogen and oxygen atoms in total. The van der Waals surface area contributed by atoms with Crippen LogP contribution >= 0.6 is 0 Å². The molecule has 0 heterocycles. The largest absolute Gasteiger partial charge is 0.464 e. The second-order valence-electron chi connectivity index (χ2n) is 11.6. The SMILES string of the molecule is CCOC(=O)[C@H](OC(C)C)[C@H](C1CC(OCOCCOC)CCC1[N+](=O)[O-])N(C(=O)OCC1CCCCC1)C(C)C. The molecular formula is C29H52N2O10. The number of carbonyl (C=O) groups is 2. The summed E-state index contributed by atoms with van der Waals surface area (Å²) >= 11 is 0. The lowest BCUT2D eigenvalue weighted by molar-refractivity contribution is -0.539. The fourth-order valence-corrected chi connectivity index (χ4v) is 5.94. The molecular weight excluding hydrogens is 536 g/mol. The number of rotatable bonds is 17. The summed E-state index contributed by atoms with van der Waals surface area (Å²) in [6.45, 7) is 10.0. The van der Waals surface area contributed by atoms with Crippen LogP contribution in [0.2, 0.25) is 0 Å². The van der Waals surface area contributed by atoms with Gasteiger partial charge in [-0.05, 0) is 66.2 Å². The van der Waals surface area contributed by atoms with E-state index in [9.17, 15) is 19.7 Å². The summed E-state index contributed by atoms with van der Waals surface area (Å²) in [7, 11) is 1.58. The highest BCUT2D eigenvalue weighted by Crippen LogP contribution is 2.37. The van der Waals surface area contributed by atoms with Crippen molar-refractivity contribution in [3.8, 4) is 0 Å². The van der Waals surface area contributed by atoms with Gasteiger partial charge in [0.15, 0.2) is 6.10 Å². The summed E-state index contributed by atoms with van der Waals surface area (Å²) in [6.07, 6.45) is 3.67. The fraction of sp³-hybridized carbons (Fsp3) is 0.931. The average molecular weight is 589 g/mol. The molecule has 2 rings (SSSR count). The van der Waals surface area contributed by atoms with Crippen LogP contribution in [0.5, 0.6) is 0 Å². The minimum absolute atomic E-state index is 0.00959. The summed E-state index contributed by atoms with van der Waals surface area (Å²) in [6, 6.07) is -2.46. The zero-order valence-corrected chi connectivity index (χ0v) is 25.8. The van der Waals surface area contributed by atoms with E-state index in [2.05, 4.69) is 0 Å². The minimum Gasteiger partial charge on any atom is -0.464 e. The first kappa shape index (κ1) is 35.2. The van der Waals surface area contributed by atoms with Gasteiger partial charge in [0, 0.05) is 24.5 Å². The van der Waals surface area contributed by atoms with E-state index in [-0.39, 0.29) is 49.8 Å². The Labute approximate surface area is 244 Å². The second kappa shape index (κ2) is 18.5. The molecule has 2 aliphatic carbocycles. The number of carbonyl (C=O) groups excluding carboxylic acids is 2. The van der Waals surface area contributed by atoms with Gasteiger partial charge >= 0.3 is 12.1 Å². The molecule has 2 fully saturated rings. The highest BCUT2D eigenvalue weighted by molar-refractivity contribution is 5.77. The lowest BCUT2D eigenvalue weighted by atomic mass is 9.75. The third-order valence-electron chi connectivity index (χ3n) is 7.85. The minimum atomic E-state index is -1.25. The molecule has 1 amide bonds. The molecule has 0 radical (unpaired) electrons. The van der Waals surface area contributed by atoms with Crippen LogP contribution < -0.4 is 0 Å². The molecule has 0 aromatic rings. The predicted octanol–water partition coefficient (Wildman–Crippen LogP) is 4.59. The van der Waals surface area contributed by atoms with Crippen molar-refractivity contribution in [2.24, 2.45) is 11.8 Å². The molecule has 41 heavy (non-hydrogen) atoms. The highest BCUT2D eigenvalue weighted by atomic mass is 16.7. The van der Waals surface area contributed by atoms with Crippen LogP contribution in [0, 0.1) is 22.0 Å². The van der Waals surface area contributed by atoms with E-state index in [4.69, 9.17) is 28.4 Å². The van der Waals surface area contributed by atoms with Crippen LogP contribution in [0.25, 0.3) is 0 Å². The Balaban J connectivity index is 2.43. The van der Waals surface area contributed by atoms with Crippen molar-refractivity contribution in [2.45, 2.75) is 122 Å². The van der Waals surface area contributed by atoms with E-state index < -0.39 is 48.3 Å². The molecule has 238 valence electrons. The number of ether oxygens (including phenoxy) is 6. The van der Waals surface area contributed by atoms with Gasteiger partial charge in [-0.2, -0.15) is 0 Å². The first-order valence-electron chi connectivity index (χ1n) is 15.2. The number of nitro groups is 1. The summed E-state index contributed by atoms with van der Waals surface area (Å²) < 4.78 is 33.8. The topological polar surface area (TPSA) is 136 Å². The third kappa shape index (κ3) is 11.3. The van der Waals surface area contributed by atoms with Crippen LogP contribution in [0.15, 0.2) is 0 Å². The van der Waals surface area contributed by atoms with Crippen molar-refractivity contribution in [3.05, 3.63) is 10.1 Å². The van der Waals surface area contributed by atoms with E-state index in [1.54, 1.807) is 27.9 Å². The van der Waals surface area contributed by atoms with Crippen molar-refractivity contribution in [3.63, 3.8) is 0 Å². The van der Waals surface area contributed by atoms with Gasteiger partial charge in [0.25, 0.3) is 0 Å². The molecule has 0 aliphatic heterocycles. The summed E-state index contributed by atoms with van der Waals surface area (Å²) in [5.74, 6) is -1.14. The molecule has 3 unspecified atom stereocenters. The standard InChI is InChI=1S/C29H52N2O10/c1-7-38-28(32)27(41-21(4)5)26(30(20(2)3)29(33)39-18-22-11-9-8-10-12-22)24-17-23(13-14-25(24)31(34)35)40-19-37-16-15-36-6/h20-27H,7-19H2,1-6H3/t23?,24?,25?,26-,27+/m0/s1. The van der Waals surface area contributed by atoms with Gasteiger partial charge in [-0.15, -0.1) is 0 Å². The first-order valence-corrected chi connectivity index (χ1v) is 15.2. The van der Waals surface area contributed by atoms with Crippen molar-refractivity contribution >= 4 is 12.1 Å². The lowest BCUT2D eigenvalue weighted by Crippen LogP contribution is -2.62. The van der Waals surface area contributed by atoms with Crippen molar-refractivity contribution in [1.29, 1.82) is 0 Å². The molecule has 12 heteroatoms.